The summed E-state index contributed by atoms with van der Waals surface area (Å²) in [6.45, 7) is 2.24. The van der Waals surface area contributed by atoms with Crippen molar-refractivity contribution in [2.45, 2.75) is 26.2 Å². The molecule has 84 valence electrons. The van der Waals surface area contributed by atoms with Crippen molar-refractivity contribution in [3.63, 3.8) is 0 Å². The zero-order chi connectivity index (χ0) is 11.3. The quantitative estimate of drug-likeness (QED) is 0.708. The van der Waals surface area contributed by atoms with Gasteiger partial charge in [0.05, 0.1) is 5.39 Å². The number of aryl methyl sites for hydroxylation is 1. The van der Waals surface area contributed by atoms with Gasteiger partial charge in [0.15, 0.2) is 4.77 Å². The fraction of sp³-hybridized carbons (Fsp3) is 0.455. The lowest BCUT2D eigenvalue weighted by molar-refractivity contribution is 0.508. The third-order valence-corrected chi connectivity index (χ3v) is 4.60. The Bertz CT molecular complexity index is 665. The van der Waals surface area contributed by atoms with Gasteiger partial charge in [0.2, 0.25) is 0 Å². The maximum atomic E-state index is 11.9. The van der Waals surface area contributed by atoms with Gasteiger partial charge in [0.1, 0.15) is 4.83 Å². The van der Waals surface area contributed by atoms with Gasteiger partial charge >= 0.3 is 0 Å². The molecule has 2 heterocycles. The minimum atomic E-state index is -0.0367. The second-order valence-electron chi connectivity index (χ2n) is 4.46. The van der Waals surface area contributed by atoms with E-state index in [1.54, 1.807) is 11.3 Å². The second-order valence-corrected chi connectivity index (χ2v) is 5.98. The highest BCUT2D eigenvalue weighted by Crippen LogP contribution is 2.35. The third kappa shape index (κ3) is 1.46. The van der Waals surface area contributed by atoms with Crippen LogP contribution in [0.15, 0.2) is 4.79 Å². The van der Waals surface area contributed by atoms with Gasteiger partial charge in [-0.15, -0.1) is 11.3 Å². The topological polar surface area (TPSA) is 48.6 Å². The molecular weight excluding hydrogens is 240 g/mol. The average molecular weight is 252 g/mol. The molecule has 0 aromatic carbocycles. The number of thiophene rings is 1. The highest BCUT2D eigenvalue weighted by molar-refractivity contribution is 7.71. The van der Waals surface area contributed by atoms with Crippen LogP contribution in [0.3, 0.4) is 0 Å². The average Bonchev–Trinajstić information content (AvgIpc) is 2.54. The number of hydrogen-bond donors (Lipinski definition) is 2. The summed E-state index contributed by atoms with van der Waals surface area (Å²) in [5.74, 6) is 0.674. The number of aromatic amines is 2. The van der Waals surface area contributed by atoms with Crippen molar-refractivity contribution in [3.05, 3.63) is 25.6 Å². The number of H-pyrrole nitrogens is 2. The van der Waals surface area contributed by atoms with Crippen molar-refractivity contribution >= 4 is 33.8 Å². The first-order valence-corrected chi connectivity index (χ1v) is 6.64. The summed E-state index contributed by atoms with van der Waals surface area (Å²) in [6, 6.07) is 0. The van der Waals surface area contributed by atoms with Gasteiger partial charge < -0.3 is 4.98 Å². The molecule has 16 heavy (non-hydrogen) atoms. The summed E-state index contributed by atoms with van der Waals surface area (Å²) >= 11 is 6.67. The molecule has 3 nitrogen and oxygen atoms in total. The van der Waals surface area contributed by atoms with Crippen molar-refractivity contribution in [1.29, 1.82) is 0 Å². The van der Waals surface area contributed by atoms with Gasteiger partial charge in [-0.2, -0.15) is 0 Å². The van der Waals surface area contributed by atoms with Crippen LogP contribution in [-0.4, -0.2) is 9.97 Å². The molecule has 0 saturated carbocycles. The maximum absolute atomic E-state index is 11.9. The van der Waals surface area contributed by atoms with Crippen LogP contribution in [0.4, 0.5) is 0 Å². The van der Waals surface area contributed by atoms with Crippen molar-refractivity contribution < 1.29 is 0 Å². The van der Waals surface area contributed by atoms with Gasteiger partial charge in [-0.3, -0.25) is 9.78 Å². The molecule has 1 atom stereocenters. The molecule has 1 aliphatic carbocycles. The largest absolute Gasteiger partial charge is 0.323 e. The summed E-state index contributed by atoms with van der Waals surface area (Å²) < 4.78 is 0.421. The normalized spacial score (nSPS) is 19.9. The fourth-order valence-electron chi connectivity index (χ4n) is 2.39. The first-order valence-electron chi connectivity index (χ1n) is 5.42. The van der Waals surface area contributed by atoms with Gasteiger partial charge in [0, 0.05) is 4.88 Å². The monoisotopic (exact) mass is 252 g/mol. The highest BCUT2D eigenvalue weighted by atomic mass is 32.1. The van der Waals surface area contributed by atoms with E-state index >= 15 is 0 Å². The van der Waals surface area contributed by atoms with Crippen LogP contribution < -0.4 is 5.56 Å². The molecule has 2 aromatic rings. The standard InChI is InChI=1S/C11H12N2OS2/c1-5-2-3-7-6(4-5)8-9(14)12-11(15)13-10(8)16-7/h5H,2-4H2,1H3,(H2,12,13,14,15). The smallest absolute Gasteiger partial charge is 0.260 e. The Morgan fingerprint density at radius 2 is 2.25 bits per heavy atom. The lowest BCUT2D eigenvalue weighted by atomic mass is 9.89. The summed E-state index contributed by atoms with van der Waals surface area (Å²) in [5, 5.41) is 0.833. The van der Waals surface area contributed by atoms with Gasteiger partial charge in [-0.25, -0.2) is 0 Å². The first-order chi connectivity index (χ1) is 7.65. The molecule has 5 heteroatoms. The Kier molecular flexibility index (Phi) is 2.26. The molecule has 0 saturated heterocycles. The van der Waals surface area contributed by atoms with Crippen LogP contribution in [0, 0.1) is 10.7 Å². The number of fused-ring (bicyclic) bond motifs is 3. The summed E-state index contributed by atoms with van der Waals surface area (Å²) in [6.07, 6.45) is 3.33. The molecule has 2 N–H and O–H groups in total. The van der Waals surface area contributed by atoms with Crippen molar-refractivity contribution in [2.24, 2.45) is 5.92 Å². The Morgan fingerprint density at radius 1 is 1.44 bits per heavy atom. The van der Waals surface area contributed by atoms with E-state index in [1.165, 1.54) is 16.9 Å². The fourth-order valence-corrected chi connectivity index (χ4v) is 3.89. The highest BCUT2D eigenvalue weighted by Gasteiger charge is 2.22. The molecule has 1 unspecified atom stereocenters. The molecule has 0 amide bonds. The van der Waals surface area contributed by atoms with E-state index in [4.69, 9.17) is 12.2 Å². The first kappa shape index (κ1) is 10.2. The molecule has 1 aliphatic rings. The lowest BCUT2D eigenvalue weighted by Gasteiger charge is -2.17. The van der Waals surface area contributed by atoms with Crippen molar-refractivity contribution in [2.75, 3.05) is 0 Å². The van der Waals surface area contributed by atoms with E-state index in [-0.39, 0.29) is 5.56 Å². The van der Waals surface area contributed by atoms with E-state index in [9.17, 15) is 4.79 Å². The van der Waals surface area contributed by atoms with Crippen LogP contribution in [-0.2, 0) is 12.8 Å². The lowest BCUT2D eigenvalue weighted by Crippen LogP contribution is -2.13. The molecule has 0 fully saturated rings. The zero-order valence-corrected chi connectivity index (χ0v) is 10.6. The molecular formula is C11H12N2OS2. The Morgan fingerprint density at radius 3 is 3.06 bits per heavy atom. The van der Waals surface area contributed by atoms with Crippen LogP contribution in [0.5, 0.6) is 0 Å². The Labute approximate surface area is 102 Å². The van der Waals surface area contributed by atoms with Crippen molar-refractivity contribution in [1.82, 2.24) is 9.97 Å². The summed E-state index contributed by atoms with van der Waals surface area (Å²) in [7, 11) is 0. The van der Waals surface area contributed by atoms with Crippen LogP contribution in [0.1, 0.15) is 23.8 Å². The van der Waals surface area contributed by atoms with Gasteiger partial charge in [-0.1, -0.05) is 6.92 Å². The molecule has 0 aliphatic heterocycles. The van der Waals surface area contributed by atoms with E-state index in [1.807, 2.05) is 0 Å². The van der Waals surface area contributed by atoms with E-state index in [2.05, 4.69) is 16.9 Å². The molecule has 3 rings (SSSR count). The van der Waals surface area contributed by atoms with Crippen LogP contribution >= 0.6 is 23.6 Å². The predicted molar refractivity (Wildman–Crippen MR) is 68.8 cm³/mol. The minimum absolute atomic E-state index is 0.0367. The number of aromatic nitrogens is 2. The SMILES string of the molecule is CC1CCc2sc3[nH]c(=S)[nH]c(=O)c3c2C1. The van der Waals surface area contributed by atoms with E-state index in [0.29, 0.717) is 10.7 Å². The minimum Gasteiger partial charge on any atom is -0.323 e. The maximum Gasteiger partial charge on any atom is 0.260 e. The van der Waals surface area contributed by atoms with E-state index < -0.39 is 0 Å². The number of nitrogens with one attached hydrogen (secondary N) is 2. The molecule has 0 spiro atoms. The number of hydrogen-bond acceptors (Lipinski definition) is 3. The molecule has 0 bridgehead atoms. The third-order valence-electron chi connectivity index (χ3n) is 3.19. The number of rotatable bonds is 0. The molecule has 0 radical (unpaired) electrons. The van der Waals surface area contributed by atoms with Gasteiger partial charge in [0.25, 0.3) is 5.56 Å². The molecule has 2 aromatic heterocycles. The van der Waals surface area contributed by atoms with Crippen molar-refractivity contribution in [3.8, 4) is 0 Å². The van der Waals surface area contributed by atoms with Crippen LogP contribution in [0.25, 0.3) is 10.2 Å². The zero-order valence-electron chi connectivity index (χ0n) is 8.92. The van der Waals surface area contributed by atoms with Crippen LogP contribution in [0.2, 0.25) is 0 Å². The summed E-state index contributed by atoms with van der Waals surface area (Å²) in [5.41, 5.74) is 1.21. The van der Waals surface area contributed by atoms with E-state index in [0.717, 1.165) is 23.1 Å². The second kappa shape index (κ2) is 3.53. The predicted octanol–water partition coefficient (Wildman–Crippen LogP) is 2.77. The summed E-state index contributed by atoms with van der Waals surface area (Å²) in [4.78, 5) is 20.0. The van der Waals surface area contributed by atoms with Gasteiger partial charge in [-0.05, 0) is 43.0 Å². The Hall–Kier alpha value is -0.940. The Balaban J connectivity index is 2.39.